The van der Waals surface area contributed by atoms with E-state index in [1.165, 1.54) is 192 Å². The zero-order chi connectivity index (χ0) is 61.2. The van der Waals surface area contributed by atoms with Gasteiger partial charge in [0.05, 0.1) is 33.4 Å². The first-order valence-electron chi connectivity index (χ1n) is 33.7. The van der Waals surface area contributed by atoms with Gasteiger partial charge in [-0.3, -0.25) is 0 Å². The second kappa shape index (κ2) is 21.8. The molecule has 2 aliphatic carbocycles. The molecule has 0 fully saturated rings. The predicted octanol–water partition coefficient (Wildman–Crippen LogP) is 24.0. The molecule has 2 aliphatic rings. The Morgan fingerprint density at radius 3 is 1.14 bits per heavy atom. The van der Waals surface area contributed by atoms with E-state index >= 15 is 0 Å². The highest BCUT2D eigenvalue weighted by atomic mass is 15.2. The van der Waals surface area contributed by atoms with Gasteiger partial charge in [-0.15, -0.1) is 0 Å². The molecule has 0 N–H and O–H groups in total. The van der Waals surface area contributed by atoms with Crippen LogP contribution in [0.2, 0.25) is 0 Å². The summed E-state index contributed by atoms with van der Waals surface area (Å²) in [6, 6.07) is 80.7. The van der Waals surface area contributed by atoms with Crippen LogP contribution in [0.5, 0.6) is 0 Å². The summed E-state index contributed by atoms with van der Waals surface area (Å²) in [5.41, 5.74) is 26.1. The maximum atomic E-state index is 2.70. The van der Waals surface area contributed by atoms with Crippen LogP contribution in [0.1, 0.15) is 138 Å². The maximum Gasteiger partial charge on any atom is 0.0562 e. The van der Waals surface area contributed by atoms with Gasteiger partial charge in [-0.2, -0.15) is 0 Å². The molecule has 0 aliphatic heterocycles. The van der Waals surface area contributed by atoms with E-state index in [1.807, 2.05) is 0 Å². The molecule has 0 unspecified atom stereocenters. The average molecular weight is 1170 g/mol. The van der Waals surface area contributed by atoms with Gasteiger partial charge in [-0.1, -0.05) is 202 Å². The summed E-state index contributed by atoms with van der Waals surface area (Å²) in [5.74, 6) is 0. The molecular formula is C86H82N4. The van der Waals surface area contributed by atoms with Crippen molar-refractivity contribution in [3.05, 3.63) is 251 Å². The summed E-state index contributed by atoms with van der Waals surface area (Å²) in [4.78, 5) is 5.41. The fourth-order valence-corrected chi connectivity index (χ4v) is 16.5. The van der Waals surface area contributed by atoms with Crippen molar-refractivity contribution in [2.24, 2.45) is 0 Å². The normalized spacial score (nSPS) is 13.8. The highest BCUT2D eigenvalue weighted by Gasteiger charge is 2.31. The van der Waals surface area contributed by atoms with Crippen molar-refractivity contribution >= 4 is 110 Å². The molecule has 4 nitrogen and oxygen atoms in total. The Labute approximate surface area is 531 Å². The molecular weight excluding hydrogens is 1090 g/mol. The predicted molar refractivity (Wildman–Crippen MR) is 387 cm³/mol. The van der Waals surface area contributed by atoms with Crippen LogP contribution < -0.4 is 9.80 Å². The molecule has 446 valence electrons. The van der Waals surface area contributed by atoms with Gasteiger partial charge in [0.2, 0.25) is 0 Å². The highest BCUT2D eigenvalue weighted by molar-refractivity contribution is 6.29. The van der Waals surface area contributed by atoms with Crippen LogP contribution in [0, 0.1) is 0 Å². The molecule has 16 rings (SSSR count). The van der Waals surface area contributed by atoms with Crippen molar-refractivity contribution in [1.29, 1.82) is 0 Å². The second-order valence-corrected chi connectivity index (χ2v) is 28.2. The van der Waals surface area contributed by atoms with Crippen molar-refractivity contribution in [1.82, 2.24) is 9.13 Å². The summed E-state index contributed by atoms with van der Waals surface area (Å²) in [5, 5.41) is 13.2. The number of hydrogen-bond acceptors (Lipinski definition) is 2. The number of para-hydroxylation sites is 4. The minimum Gasteiger partial charge on any atom is -0.309 e. The first-order valence-corrected chi connectivity index (χ1v) is 33.7. The Kier molecular flexibility index (Phi) is 13.6. The van der Waals surface area contributed by atoms with E-state index in [4.69, 9.17) is 0 Å². The first-order chi connectivity index (χ1) is 43.9. The first kappa shape index (κ1) is 56.1. The molecule has 2 aromatic heterocycles. The van der Waals surface area contributed by atoms with Gasteiger partial charge in [-0.05, 0) is 214 Å². The van der Waals surface area contributed by atoms with E-state index < -0.39 is 0 Å². The van der Waals surface area contributed by atoms with Gasteiger partial charge in [0.15, 0.2) is 0 Å². The molecule has 0 saturated heterocycles. The summed E-state index contributed by atoms with van der Waals surface area (Å²) in [6.45, 7) is 18.8. The van der Waals surface area contributed by atoms with Gasteiger partial charge < -0.3 is 18.9 Å². The van der Waals surface area contributed by atoms with Gasteiger partial charge in [0, 0.05) is 66.4 Å². The van der Waals surface area contributed by atoms with Gasteiger partial charge >= 0.3 is 0 Å². The van der Waals surface area contributed by atoms with E-state index in [0.717, 1.165) is 51.4 Å². The quantitative estimate of drug-likeness (QED) is 0.113. The van der Waals surface area contributed by atoms with Crippen LogP contribution in [0.3, 0.4) is 0 Å². The molecule has 14 aromatic rings. The average Bonchev–Trinajstić information content (AvgIpc) is 0.943. The zero-order valence-electron chi connectivity index (χ0n) is 53.9. The van der Waals surface area contributed by atoms with Crippen molar-refractivity contribution in [2.75, 3.05) is 9.80 Å². The van der Waals surface area contributed by atoms with Crippen molar-refractivity contribution in [3.63, 3.8) is 0 Å². The number of nitrogens with zero attached hydrogens (tertiary/aromatic N) is 4. The molecule has 0 atom stereocenters. The van der Waals surface area contributed by atoms with Crippen LogP contribution in [0.25, 0.3) is 87.3 Å². The van der Waals surface area contributed by atoms with E-state index in [9.17, 15) is 0 Å². The molecule has 4 heteroatoms. The van der Waals surface area contributed by atoms with Crippen molar-refractivity contribution in [2.45, 2.75) is 143 Å². The summed E-state index contributed by atoms with van der Waals surface area (Å²) in [6.07, 6.45) is 13.2. The molecule has 2 heterocycles. The lowest BCUT2D eigenvalue weighted by atomic mass is 9.85. The van der Waals surface area contributed by atoms with Gasteiger partial charge in [0.1, 0.15) is 0 Å². The SMILES string of the molecule is CCCc1cc(N(c2ccc3c4ccccc4n(-c4ccccc4C(C)(C)C)c3c2)c2cccc3c2CCCC3)c2ccc3c(CCC)cc(N(c4ccc5c6ccccc6n(-c6ccccc6C(C)(C)C)c5c4)c4cccc5c4CCCC5)c4ccc1c2c34. The Morgan fingerprint density at radius 2 is 0.711 bits per heavy atom. The number of fused-ring (bicyclic) bond motifs is 8. The Balaban J connectivity index is 0.996. The summed E-state index contributed by atoms with van der Waals surface area (Å²) >= 11 is 0. The van der Waals surface area contributed by atoms with E-state index in [-0.39, 0.29) is 10.8 Å². The molecule has 0 saturated carbocycles. The molecule has 0 amide bonds. The van der Waals surface area contributed by atoms with Crippen LogP contribution in [-0.4, -0.2) is 9.13 Å². The maximum absolute atomic E-state index is 2.70. The topological polar surface area (TPSA) is 16.3 Å². The van der Waals surface area contributed by atoms with Crippen molar-refractivity contribution in [3.8, 4) is 11.4 Å². The smallest absolute Gasteiger partial charge is 0.0562 e. The fourth-order valence-electron chi connectivity index (χ4n) is 16.5. The monoisotopic (exact) mass is 1170 g/mol. The molecule has 0 bridgehead atoms. The third kappa shape index (κ3) is 8.98. The number of anilines is 6. The van der Waals surface area contributed by atoms with Crippen LogP contribution >= 0.6 is 0 Å². The molecule has 0 radical (unpaired) electrons. The lowest BCUT2D eigenvalue weighted by molar-refractivity contribution is 0.587. The third-order valence-corrected chi connectivity index (χ3v) is 20.5. The van der Waals surface area contributed by atoms with Gasteiger partial charge in [0.25, 0.3) is 0 Å². The van der Waals surface area contributed by atoms with Crippen LogP contribution in [-0.2, 0) is 49.4 Å². The number of rotatable bonds is 12. The minimum absolute atomic E-state index is 0.0689. The van der Waals surface area contributed by atoms with Crippen LogP contribution in [0.4, 0.5) is 34.1 Å². The van der Waals surface area contributed by atoms with Gasteiger partial charge in [-0.25, -0.2) is 0 Å². The standard InChI is InChI=1S/C86H82N4/c1-9-25-57-51-79(87(73-41-23-29-55-27-11-13-31-61(55)73)59-43-45-67-65-33-15-19-37-75(65)89(81(67)53-59)77-39-21-17-35-71(77)85(3,4)5)69-50-48-64-58(26-10-2)52-80(70-49-47-63(57)83(69)84(64)70)88(74-42-24-30-56-28-12-14-32-62(56)74)60-44-46-68-66-34-16-20-38-76(66)90(82(68)54-60)78-40-22-18-36-72(78)86(6,7)8/h15-24,29-30,33-54H,9-14,25-28,31-32H2,1-8H3. The summed E-state index contributed by atoms with van der Waals surface area (Å²) in [7, 11) is 0. The van der Waals surface area contributed by atoms with Crippen molar-refractivity contribution < 1.29 is 0 Å². The molecule has 90 heavy (non-hydrogen) atoms. The molecule has 0 spiro atoms. The number of aryl methyl sites for hydroxylation is 4. The van der Waals surface area contributed by atoms with E-state index in [2.05, 4.69) is 281 Å². The second-order valence-electron chi connectivity index (χ2n) is 28.2. The summed E-state index contributed by atoms with van der Waals surface area (Å²) < 4.78 is 5.13. The van der Waals surface area contributed by atoms with E-state index in [0.29, 0.717) is 0 Å². The number of aromatic nitrogens is 2. The van der Waals surface area contributed by atoms with E-state index in [1.54, 1.807) is 0 Å². The van der Waals surface area contributed by atoms with Crippen LogP contribution in [0.15, 0.2) is 206 Å². The minimum atomic E-state index is -0.0689. The fraction of sp³-hybridized carbons (Fsp3) is 0.256. The lowest BCUT2D eigenvalue weighted by Crippen LogP contribution is -2.17. The zero-order valence-corrected chi connectivity index (χ0v) is 53.9. The Bertz CT molecular complexity index is 4820. The number of benzene rings is 12. The largest absolute Gasteiger partial charge is 0.309 e. The third-order valence-electron chi connectivity index (χ3n) is 20.5. The molecule has 12 aromatic carbocycles. The lowest BCUT2D eigenvalue weighted by Gasteiger charge is -2.34. The number of hydrogen-bond donors (Lipinski definition) is 0. The Hall–Kier alpha value is -9.12. The highest BCUT2D eigenvalue weighted by Crippen LogP contribution is 2.53. The Morgan fingerprint density at radius 1 is 0.333 bits per heavy atom.